The Labute approximate surface area is 128 Å². The Morgan fingerprint density at radius 2 is 2.05 bits per heavy atom. The monoisotopic (exact) mass is 301 g/mol. The molecule has 2 aromatic heterocycles. The maximum atomic E-state index is 12.8. The van der Waals surface area contributed by atoms with Crippen LogP contribution in [-0.4, -0.2) is 21.4 Å². The molecule has 0 bridgehead atoms. The van der Waals surface area contributed by atoms with E-state index in [-0.39, 0.29) is 5.78 Å². The molecule has 2 aromatic rings. The Morgan fingerprint density at radius 3 is 2.68 bits per heavy atom. The molecule has 116 valence electrons. The summed E-state index contributed by atoms with van der Waals surface area (Å²) in [6.07, 6.45) is 3.85. The number of carbonyl (C=O) groups excluding carboxylic acids is 1. The van der Waals surface area contributed by atoms with Crippen molar-refractivity contribution in [2.75, 3.05) is 0 Å². The third-order valence-corrected chi connectivity index (χ3v) is 4.38. The molecule has 0 amide bonds. The zero-order valence-corrected chi connectivity index (χ0v) is 12.8. The van der Waals surface area contributed by atoms with Crippen molar-refractivity contribution < 1.29 is 19.1 Å². The van der Waals surface area contributed by atoms with E-state index < -0.39 is 11.9 Å². The van der Waals surface area contributed by atoms with Gasteiger partial charge in [0.1, 0.15) is 0 Å². The fourth-order valence-corrected chi connectivity index (χ4v) is 3.27. The van der Waals surface area contributed by atoms with E-state index in [1.165, 1.54) is 6.26 Å². The lowest BCUT2D eigenvalue weighted by molar-refractivity contribution is -0.139. The number of rotatable bonds is 3. The third kappa shape index (κ3) is 2.26. The summed E-state index contributed by atoms with van der Waals surface area (Å²) in [5, 5.41) is 9.46. The van der Waals surface area contributed by atoms with Crippen LogP contribution in [0.25, 0.3) is 0 Å². The minimum Gasteiger partial charge on any atom is -0.481 e. The highest BCUT2D eigenvalue weighted by Gasteiger charge is 2.31. The molecule has 1 aliphatic rings. The fraction of sp³-hybridized carbons (Fsp3) is 0.412. The highest BCUT2D eigenvalue weighted by atomic mass is 16.4. The van der Waals surface area contributed by atoms with Gasteiger partial charge in [0, 0.05) is 12.2 Å². The van der Waals surface area contributed by atoms with Crippen molar-refractivity contribution in [2.24, 2.45) is 0 Å². The molecule has 3 rings (SSSR count). The van der Waals surface area contributed by atoms with E-state index in [1.54, 1.807) is 6.07 Å². The minimum atomic E-state index is -0.825. The van der Waals surface area contributed by atoms with Crippen molar-refractivity contribution in [1.29, 1.82) is 0 Å². The summed E-state index contributed by atoms with van der Waals surface area (Å²) in [7, 11) is 0. The number of carboxylic acids is 1. The SMILES string of the molecule is Cc1ccoc1C(=O)c1c(C)cc2n1CCCCC2C(=O)O. The molecule has 22 heavy (non-hydrogen) atoms. The number of aromatic nitrogens is 1. The standard InChI is InChI=1S/C17H19NO4/c1-10-6-8-22-16(10)15(19)14-11(2)9-13-12(17(20)21)5-3-4-7-18(13)14/h6,8-9,12H,3-5,7H2,1-2H3,(H,20,21). The van der Waals surface area contributed by atoms with Crippen LogP contribution in [0.3, 0.4) is 0 Å². The van der Waals surface area contributed by atoms with Crippen molar-refractivity contribution in [3.8, 4) is 0 Å². The predicted molar refractivity (Wildman–Crippen MR) is 80.3 cm³/mol. The Morgan fingerprint density at radius 1 is 1.27 bits per heavy atom. The first kappa shape index (κ1) is 14.6. The number of ketones is 1. The number of fused-ring (bicyclic) bond motifs is 1. The fourth-order valence-electron chi connectivity index (χ4n) is 3.27. The van der Waals surface area contributed by atoms with Crippen molar-refractivity contribution in [3.05, 3.63) is 46.7 Å². The lowest BCUT2D eigenvalue weighted by Gasteiger charge is -2.13. The summed E-state index contributed by atoms with van der Waals surface area (Å²) >= 11 is 0. The van der Waals surface area contributed by atoms with Gasteiger partial charge < -0.3 is 14.1 Å². The number of nitrogens with zero attached hydrogens (tertiary/aromatic N) is 1. The first-order valence-corrected chi connectivity index (χ1v) is 7.52. The van der Waals surface area contributed by atoms with Gasteiger partial charge in [-0.25, -0.2) is 0 Å². The number of hydrogen-bond acceptors (Lipinski definition) is 3. The molecule has 0 aromatic carbocycles. The maximum Gasteiger partial charge on any atom is 0.312 e. The molecule has 0 radical (unpaired) electrons. The number of carboxylic acid groups (broad SMARTS) is 1. The first-order chi connectivity index (χ1) is 10.5. The third-order valence-electron chi connectivity index (χ3n) is 4.38. The Balaban J connectivity index is 2.12. The van der Waals surface area contributed by atoms with Gasteiger partial charge in [-0.1, -0.05) is 6.42 Å². The molecule has 0 aliphatic carbocycles. The average Bonchev–Trinajstić information content (AvgIpc) is 2.95. The van der Waals surface area contributed by atoms with Gasteiger partial charge >= 0.3 is 5.97 Å². The van der Waals surface area contributed by atoms with E-state index in [0.29, 0.717) is 24.4 Å². The number of hydrogen-bond donors (Lipinski definition) is 1. The van der Waals surface area contributed by atoms with Gasteiger partial charge in [0.25, 0.3) is 0 Å². The van der Waals surface area contributed by atoms with Gasteiger partial charge in [0.15, 0.2) is 5.76 Å². The maximum absolute atomic E-state index is 12.8. The molecule has 0 fully saturated rings. The molecule has 3 heterocycles. The van der Waals surface area contributed by atoms with Crippen molar-refractivity contribution in [3.63, 3.8) is 0 Å². The second-order valence-corrected chi connectivity index (χ2v) is 5.90. The first-order valence-electron chi connectivity index (χ1n) is 7.52. The molecular weight excluding hydrogens is 282 g/mol. The largest absolute Gasteiger partial charge is 0.481 e. The predicted octanol–water partition coefficient (Wildman–Crippen LogP) is 3.28. The van der Waals surface area contributed by atoms with Crippen LogP contribution in [0.4, 0.5) is 0 Å². The molecule has 1 aliphatic heterocycles. The Bertz CT molecular complexity index is 738. The highest BCUT2D eigenvalue weighted by Crippen LogP contribution is 2.32. The van der Waals surface area contributed by atoms with Gasteiger partial charge in [-0.2, -0.15) is 0 Å². The number of carbonyl (C=O) groups is 2. The van der Waals surface area contributed by atoms with Crippen LogP contribution < -0.4 is 0 Å². The molecule has 1 N–H and O–H groups in total. The Kier molecular flexibility index (Phi) is 3.64. The molecule has 1 unspecified atom stereocenters. The van der Waals surface area contributed by atoms with Gasteiger partial charge in [0.05, 0.1) is 17.9 Å². The molecule has 5 heteroatoms. The smallest absolute Gasteiger partial charge is 0.312 e. The summed E-state index contributed by atoms with van der Waals surface area (Å²) in [5.74, 6) is -1.20. The minimum absolute atomic E-state index is 0.169. The molecule has 1 atom stereocenters. The molecule has 0 spiro atoms. The van der Waals surface area contributed by atoms with Gasteiger partial charge in [-0.15, -0.1) is 0 Å². The summed E-state index contributed by atoms with van der Waals surface area (Å²) in [4.78, 5) is 24.3. The Hall–Kier alpha value is -2.30. The van der Waals surface area contributed by atoms with Crippen LogP contribution in [0.2, 0.25) is 0 Å². The van der Waals surface area contributed by atoms with E-state index in [9.17, 15) is 14.7 Å². The zero-order chi connectivity index (χ0) is 15.9. The molecular formula is C17H19NO4. The summed E-state index contributed by atoms with van der Waals surface area (Å²) in [5.41, 5.74) is 2.89. The van der Waals surface area contributed by atoms with Crippen molar-refractivity contribution in [1.82, 2.24) is 4.57 Å². The van der Waals surface area contributed by atoms with Crippen LogP contribution in [0.5, 0.6) is 0 Å². The quantitative estimate of drug-likeness (QED) is 0.883. The second kappa shape index (κ2) is 5.48. The van der Waals surface area contributed by atoms with Gasteiger partial charge in [-0.3, -0.25) is 9.59 Å². The van der Waals surface area contributed by atoms with E-state index in [4.69, 9.17) is 4.42 Å². The van der Waals surface area contributed by atoms with Crippen LogP contribution in [-0.2, 0) is 11.3 Å². The zero-order valence-electron chi connectivity index (χ0n) is 12.8. The molecule has 0 saturated heterocycles. The number of furan rings is 1. The molecule has 0 saturated carbocycles. The average molecular weight is 301 g/mol. The summed E-state index contributed by atoms with van der Waals surface area (Å²) in [6.45, 7) is 4.36. The summed E-state index contributed by atoms with van der Waals surface area (Å²) < 4.78 is 7.20. The van der Waals surface area contributed by atoms with Crippen molar-refractivity contribution >= 4 is 11.8 Å². The highest BCUT2D eigenvalue weighted by molar-refractivity contribution is 6.08. The van der Waals surface area contributed by atoms with Gasteiger partial charge in [0.2, 0.25) is 5.78 Å². The normalized spacial score (nSPS) is 17.8. The summed E-state index contributed by atoms with van der Waals surface area (Å²) in [6, 6.07) is 3.60. The molecule has 5 nitrogen and oxygen atoms in total. The van der Waals surface area contributed by atoms with E-state index in [2.05, 4.69) is 0 Å². The number of aryl methyl sites for hydroxylation is 2. The van der Waals surface area contributed by atoms with Crippen LogP contribution in [0.15, 0.2) is 22.8 Å². The van der Waals surface area contributed by atoms with E-state index in [1.807, 2.05) is 24.5 Å². The topological polar surface area (TPSA) is 72.4 Å². The lowest BCUT2D eigenvalue weighted by Crippen LogP contribution is -2.17. The van der Waals surface area contributed by atoms with Gasteiger partial charge in [-0.05, 0) is 49.9 Å². The lowest BCUT2D eigenvalue weighted by atomic mass is 9.99. The van der Waals surface area contributed by atoms with Crippen LogP contribution in [0.1, 0.15) is 58.2 Å². The van der Waals surface area contributed by atoms with E-state index >= 15 is 0 Å². The number of aliphatic carboxylic acids is 1. The van der Waals surface area contributed by atoms with E-state index in [0.717, 1.165) is 29.7 Å². The van der Waals surface area contributed by atoms with Crippen molar-refractivity contribution in [2.45, 2.75) is 45.6 Å². The second-order valence-electron chi connectivity index (χ2n) is 5.90. The van der Waals surface area contributed by atoms with Crippen LogP contribution in [0, 0.1) is 13.8 Å². The van der Waals surface area contributed by atoms with Crippen LogP contribution >= 0.6 is 0 Å².